The van der Waals surface area contributed by atoms with Crippen LogP contribution >= 0.6 is 0 Å². The number of rotatable bonds is 4. The van der Waals surface area contributed by atoms with E-state index in [1.54, 1.807) is 0 Å². The molecular weight excluding hydrogens is 284 g/mol. The lowest BCUT2D eigenvalue weighted by Gasteiger charge is -2.15. The Kier molecular flexibility index (Phi) is 3.28. The summed E-state index contributed by atoms with van der Waals surface area (Å²) in [5, 5.41) is 8.90. The first kappa shape index (κ1) is 14.1. The largest absolute Gasteiger partial charge is 0.478 e. The molecule has 0 aliphatic heterocycles. The van der Waals surface area contributed by atoms with Gasteiger partial charge in [0.15, 0.2) is 0 Å². The summed E-state index contributed by atoms with van der Waals surface area (Å²) in [5.41, 5.74) is -1.74. The van der Waals surface area contributed by atoms with E-state index in [1.807, 2.05) is 0 Å². The third-order valence-corrected chi connectivity index (χ3v) is 2.73. The fourth-order valence-electron chi connectivity index (χ4n) is 1.80. The highest BCUT2D eigenvalue weighted by atomic mass is 19.3. The number of imidazole rings is 1. The molecule has 2 rings (SSSR count). The number of fused-ring (bicyclic) bond motifs is 1. The van der Waals surface area contributed by atoms with Crippen LogP contribution < -0.4 is 5.69 Å². The van der Waals surface area contributed by atoms with Crippen molar-refractivity contribution in [1.82, 2.24) is 9.55 Å². The number of aromatic amines is 1. The van der Waals surface area contributed by atoms with Gasteiger partial charge in [-0.25, -0.2) is 18.4 Å². The Labute approximate surface area is 108 Å². The summed E-state index contributed by atoms with van der Waals surface area (Å²) in [4.78, 5) is 24.6. The third kappa shape index (κ3) is 2.26. The van der Waals surface area contributed by atoms with Crippen LogP contribution in [0.15, 0.2) is 23.0 Å². The lowest BCUT2D eigenvalue weighted by Crippen LogP contribution is -2.35. The number of H-pyrrole nitrogens is 1. The van der Waals surface area contributed by atoms with Gasteiger partial charge in [-0.2, -0.15) is 8.78 Å². The molecule has 0 radical (unpaired) electrons. The van der Waals surface area contributed by atoms with Crippen LogP contribution in [-0.4, -0.2) is 33.0 Å². The number of nitrogens with one attached hydrogen (secondary N) is 1. The van der Waals surface area contributed by atoms with E-state index in [-0.39, 0.29) is 16.6 Å². The molecule has 0 saturated heterocycles. The summed E-state index contributed by atoms with van der Waals surface area (Å²) in [6.45, 7) is -1.54. The van der Waals surface area contributed by atoms with Crippen LogP contribution in [0, 0.1) is 0 Å². The van der Waals surface area contributed by atoms with Gasteiger partial charge in [0.05, 0.1) is 23.1 Å². The van der Waals surface area contributed by atoms with Crippen molar-refractivity contribution in [2.75, 3.05) is 0 Å². The third-order valence-electron chi connectivity index (χ3n) is 2.73. The molecule has 0 amide bonds. The number of para-hydroxylation sites is 1. The zero-order valence-electron chi connectivity index (χ0n) is 9.74. The van der Waals surface area contributed by atoms with E-state index in [0.717, 1.165) is 6.07 Å². The van der Waals surface area contributed by atoms with Crippen LogP contribution in [-0.2, 0) is 6.54 Å². The maximum absolute atomic E-state index is 13.0. The van der Waals surface area contributed by atoms with E-state index in [2.05, 4.69) is 4.98 Å². The van der Waals surface area contributed by atoms with Crippen molar-refractivity contribution >= 4 is 17.0 Å². The van der Waals surface area contributed by atoms with Crippen molar-refractivity contribution in [3.63, 3.8) is 0 Å². The maximum atomic E-state index is 13.0. The number of carbonyl (C=O) groups is 1. The predicted molar refractivity (Wildman–Crippen MR) is 60.5 cm³/mol. The van der Waals surface area contributed by atoms with Crippen molar-refractivity contribution in [3.8, 4) is 0 Å². The molecule has 1 heterocycles. The molecule has 5 nitrogen and oxygen atoms in total. The second-order valence-electron chi connectivity index (χ2n) is 4.08. The Balaban J connectivity index is 2.61. The molecule has 0 fully saturated rings. The summed E-state index contributed by atoms with van der Waals surface area (Å²) in [7, 11) is 0. The van der Waals surface area contributed by atoms with Crippen LogP contribution in [0.1, 0.15) is 10.4 Å². The number of carboxylic acid groups (broad SMARTS) is 1. The van der Waals surface area contributed by atoms with Crippen molar-refractivity contribution in [2.45, 2.75) is 18.9 Å². The molecule has 0 aliphatic rings. The predicted octanol–water partition coefficient (Wildman–Crippen LogP) is 1.93. The minimum absolute atomic E-state index is 0.171. The van der Waals surface area contributed by atoms with Gasteiger partial charge in [0.25, 0.3) is 0 Å². The second kappa shape index (κ2) is 4.66. The van der Waals surface area contributed by atoms with Gasteiger partial charge in [0, 0.05) is 0 Å². The molecule has 1 aromatic carbocycles. The number of carboxylic acids is 1. The molecular formula is C11H8F4N2O3. The molecule has 0 saturated carbocycles. The number of hydrogen-bond donors (Lipinski definition) is 2. The van der Waals surface area contributed by atoms with E-state index >= 15 is 0 Å². The molecule has 2 aromatic rings. The molecule has 2 N–H and O–H groups in total. The molecule has 0 bridgehead atoms. The number of alkyl halides is 4. The molecule has 0 atom stereocenters. The Morgan fingerprint density at radius 1 is 1.40 bits per heavy atom. The SMILES string of the molecule is O=C(O)c1cccc2c1[nH]c(=O)n2CC(F)(F)C(F)F. The first-order valence-electron chi connectivity index (χ1n) is 5.35. The van der Waals surface area contributed by atoms with Gasteiger partial charge < -0.3 is 10.1 Å². The highest BCUT2D eigenvalue weighted by molar-refractivity contribution is 6.00. The molecule has 108 valence electrons. The number of aromatic nitrogens is 2. The molecule has 0 aliphatic carbocycles. The topological polar surface area (TPSA) is 75.1 Å². The fourth-order valence-corrected chi connectivity index (χ4v) is 1.80. The lowest BCUT2D eigenvalue weighted by atomic mass is 10.2. The first-order valence-corrected chi connectivity index (χ1v) is 5.35. The molecule has 0 spiro atoms. The summed E-state index contributed by atoms with van der Waals surface area (Å²) in [6, 6.07) is 3.59. The zero-order valence-corrected chi connectivity index (χ0v) is 9.74. The monoisotopic (exact) mass is 292 g/mol. The van der Waals surface area contributed by atoms with Gasteiger partial charge in [-0.05, 0) is 12.1 Å². The Morgan fingerprint density at radius 2 is 2.05 bits per heavy atom. The number of nitrogens with zero attached hydrogens (tertiary/aromatic N) is 1. The van der Waals surface area contributed by atoms with Crippen LogP contribution in [0.4, 0.5) is 17.6 Å². The van der Waals surface area contributed by atoms with E-state index in [9.17, 15) is 27.2 Å². The summed E-state index contributed by atoms with van der Waals surface area (Å²) in [5.74, 6) is -5.76. The first-order chi connectivity index (χ1) is 9.24. The lowest BCUT2D eigenvalue weighted by molar-refractivity contribution is -0.137. The zero-order chi connectivity index (χ0) is 15.1. The smallest absolute Gasteiger partial charge is 0.337 e. The van der Waals surface area contributed by atoms with Gasteiger partial charge in [0.2, 0.25) is 0 Å². The quantitative estimate of drug-likeness (QED) is 0.845. The minimum Gasteiger partial charge on any atom is -0.478 e. The second-order valence-corrected chi connectivity index (χ2v) is 4.08. The highest BCUT2D eigenvalue weighted by Gasteiger charge is 2.42. The van der Waals surface area contributed by atoms with Gasteiger partial charge in [-0.1, -0.05) is 6.07 Å². The number of halogens is 4. The Morgan fingerprint density at radius 3 is 2.60 bits per heavy atom. The number of aromatic carboxylic acids is 1. The number of hydrogen-bond acceptors (Lipinski definition) is 2. The van der Waals surface area contributed by atoms with E-state index < -0.39 is 30.6 Å². The highest BCUT2D eigenvalue weighted by Crippen LogP contribution is 2.26. The summed E-state index contributed by atoms with van der Waals surface area (Å²) < 4.78 is 50.8. The van der Waals surface area contributed by atoms with Crippen molar-refractivity contribution in [1.29, 1.82) is 0 Å². The van der Waals surface area contributed by atoms with Crippen LogP contribution in [0.25, 0.3) is 11.0 Å². The molecule has 20 heavy (non-hydrogen) atoms. The fraction of sp³-hybridized carbons (Fsp3) is 0.273. The Hall–Kier alpha value is -2.32. The van der Waals surface area contributed by atoms with Gasteiger partial charge >= 0.3 is 24.0 Å². The molecule has 1 aromatic heterocycles. The van der Waals surface area contributed by atoms with E-state index in [1.165, 1.54) is 12.1 Å². The van der Waals surface area contributed by atoms with Crippen LogP contribution in [0.2, 0.25) is 0 Å². The molecule has 0 unspecified atom stereocenters. The summed E-state index contributed by atoms with van der Waals surface area (Å²) >= 11 is 0. The molecule has 9 heteroatoms. The average molecular weight is 292 g/mol. The van der Waals surface area contributed by atoms with Gasteiger partial charge in [-0.3, -0.25) is 4.57 Å². The van der Waals surface area contributed by atoms with Crippen molar-refractivity contribution in [3.05, 3.63) is 34.2 Å². The minimum atomic E-state index is -4.39. The normalized spacial score (nSPS) is 12.2. The van der Waals surface area contributed by atoms with Crippen molar-refractivity contribution in [2.24, 2.45) is 0 Å². The van der Waals surface area contributed by atoms with Crippen LogP contribution in [0.3, 0.4) is 0 Å². The maximum Gasteiger partial charge on any atom is 0.337 e. The summed E-state index contributed by atoms with van der Waals surface area (Å²) in [6.07, 6.45) is -3.93. The number of benzene rings is 1. The van der Waals surface area contributed by atoms with Gasteiger partial charge in [-0.15, -0.1) is 0 Å². The van der Waals surface area contributed by atoms with E-state index in [0.29, 0.717) is 4.57 Å². The van der Waals surface area contributed by atoms with E-state index in [4.69, 9.17) is 5.11 Å². The average Bonchev–Trinajstić information content (AvgIpc) is 2.65. The van der Waals surface area contributed by atoms with Gasteiger partial charge in [0.1, 0.15) is 0 Å². The van der Waals surface area contributed by atoms with Crippen LogP contribution in [0.5, 0.6) is 0 Å². The Bertz CT molecular complexity index is 720. The van der Waals surface area contributed by atoms with Crippen molar-refractivity contribution < 1.29 is 27.5 Å². The standard InChI is InChI=1S/C11H8F4N2O3/c12-9(13)11(14,15)4-17-6-3-1-2-5(8(18)19)7(6)16-10(17)20/h1-3,9H,4H2,(H,16,20)(H,18,19).